The van der Waals surface area contributed by atoms with E-state index in [4.69, 9.17) is 0 Å². The normalized spacial score (nSPS) is 38.1. The molecule has 6 aliphatic rings. The topological polar surface area (TPSA) is 52.7 Å². The number of carbonyl (C=O) groups excluding carboxylic acids is 2. The van der Waals surface area contributed by atoms with Crippen molar-refractivity contribution in [2.75, 3.05) is 32.7 Å². The second kappa shape index (κ2) is 7.97. The number of amides is 2. The van der Waals surface area contributed by atoms with Crippen molar-refractivity contribution >= 4 is 11.8 Å². The van der Waals surface area contributed by atoms with Crippen LogP contribution >= 0.6 is 0 Å². The molecule has 156 valence electrons. The first kappa shape index (κ1) is 18.9. The van der Waals surface area contributed by atoms with Crippen LogP contribution in [0.15, 0.2) is 0 Å². The van der Waals surface area contributed by atoms with Gasteiger partial charge in [-0.25, -0.2) is 0 Å². The highest BCUT2D eigenvalue weighted by atomic mass is 16.2. The van der Waals surface area contributed by atoms with Gasteiger partial charge < -0.3 is 10.2 Å². The summed E-state index contributed by atoms with van der Waals surface area (Å²) in [4.78, 5) is 29.4. The van der Waals surface area contributed by atoms with Gasteiger partial charge >= 0.3 is 0 Å². The Morgan fingerprint density at radius 2 is 1.43 bits per heavy atom. The van der Waals surface area contributed by atoms with Crippen LogP contribution in [0.4, 0.5) is 0 Å². The third-order valence-corrected chi connectivity index (χ3v) is 8.55. The van der Waals surface area contributed by atoms with Crippen LogP contribution in [0.25, 0.3) is 0 Å². The average molecular weight is 388 g/mol. The predicted octanol–water partition coefficient (Wildman–Crippen LogP) is 2.65. The van der Waals surface area contributed by atoms with E-state index in [1.54, 1.807) is 0 Å². The van der Waals surface area contributed by atoms with Crippen molar-refractivity contribution in [1.82, 2.24) is 15.1 Å². The summed E-state index contributed by atoms with van der Waals surface area (Å²) < 4.78 is 0. The largest absolute Gasteiger partial charge is 0.352 e. The van der Waals surface area contributed by atoms with Crippen LogP contribution in [0.5, 0.6) is 0 Å². The smallest absolute Gasteiger partial charge is 0.234 e. The average Bonchev–Trinajstić information content (AvgIpc) is 3.21. The molecule has 4 aliphatic carbocycles. The second-order valence-corrected chi connectivity index (χ2v) is 10.5. The maximum absolute atomic E-state index is 12.7. The zero-order valence-electron chi connectivity index (χ0n) is 17.3. The van der Waals surface area contributed by atoms with Gasteiger partial charge in [-0.3, -0.25) is 14.5 Å². The summed E-state index contributed by atoms with van der Waals surface area (Å²) in [5.74, 6) is 4.53. The molecular weight excluding hydrogens is 350 g/mol. The molecule has 6 rings (SSSR count). The van der Waals surface area contributed by atoms with Gasteiger partial charge in [0, 0.05) is 25.6 Å². The molecule has 1 N–H and O–H groups in total. The Labute approximate surface area is 169 Å². The maximum atomic E-state index is 12.7. The van der Waals surface area contributed by atoms with Crippen LogP contribution in [-0.2, 0) is 9.59 Å². The summed E-state index contributed by atoms with van der Waals surface area (Å²) in [6.45, 7) is 4.40. The number of hydrogen-bond donors (Lipinski definition) is 1. The summed E-state index contributed by atoms with van der Waals surface area (Å²) in [7, 11) is 0. The van der Waals surface area contributed by atoms with Gasteiger partial charge in [0.1, 0.15) is 0 Å². The Morgan fingerprint density at radius 1 is 0.821 bits per heavy atom. The second-order valence-electron chi connectivity index (χ2n) is 10.5. The lowest BCUT2D eigenvalue weighted by atomic mass is 9.54. The fraction of sp³-hybridized carbons (Fsp3) is 0.913. The maximum Gasteiger partial charge on any atom is 0.234 e. The van der Waals surface area contributed by atoms with E-state index in [0.29, 0.717) is 30.8 Å². The molecule has 5 nitrogen and oxygen atoms in total. The SMILES string of the molecule is O=C(CN1CCC(CC(=O)N2CCCC2)CC1)NC1C2CC3CC(C2)CC1C3. The van der Waals surface area contributed by atoms with Crippen LogP contribution < -0.4 is 5.32 Å². The molecule has 6 fully saturated rings. The van der Waals surface area contributed by atoms with Crippen molar-refractivity contribution in [1.29, 1.82) is 0 Å². The first-order valence-electron chi connectivity index (χ1n) is 11.9. The number of hydrogen-bond acceptors (Lipinski definition) is 3. The number of likely N-dealkylation sites (tertiary alicyclic amines) is 2. The van der Waals surface area contributed by atoms with Gasteiger partial charge in [0.2, 0.25) is 11.8 Å². The number of carbonyl (C=O) groups is 2. The molecule has 2 heterocycles. The van der Waals surface area contributed by atoms with E-state index in [1.165, 1.54) is 44.9 Å². The molecule has 4 bridgehead atoms. The third kappa shape index (κ3) is 3.96. The van der Waals surface area contributed by atoms with Gasteiger partial charge in [0.25, 0.3) is 0 Å². The van der Waals surface area contributed by atoms with Crippen molar-refractivity contribution < 1.29 is 9.59 Å². The Morgan fingerprint density at radius 3 is 2.04 bits per heavy atom. The highest BCUT2D eigenvalue weighted by Gasteiger charge is 2.48. The van der Waals surface area contributed by atoms with E-state index in [2.05, 4.69) is 10.2 Å². The first-order chi connectivity index (χ1) is 13.6. The van der Waals surface area contributed by atoms with Gasteiger partial charge in [0.05, 0.1) is 6.54 Å². The Hall–Kier alpha value is -1.10. The fourth-order valence-electron chi connectivity index (χ4n) is 7.29. The standard InChI is InChI=1S/C23H37N3O2/c27-21(24-23-19-10-17-9-18(12-19)13-20(23)11-17)15-25-7-3-16(4-8-25)14-22(28)26-5-1-2-6-26/h16-20,23H,1-15H2,(H,24,27). The molecule has 2 amide bonds. The van der Waals surface area contributed by atoms with Crippen LogP contribution in [0, 0.1) is 29.6 Å². The van der Waals surface area contributed by atoms with E-state index in [0.717, 1.165) is 62.7 Å². The molecular formula is C23H37N3O2. The minimum absolute atomic E-state index is 0.240. The van der Waals surface area contributed by atoms with Crippen molar-refractivity contribution in [3.05, 3.63) is 0 Å². The molecule has 0 radical (unpaired) electrons. The van der Waals surface area contributed by atoms with Gasteiger partial charge in [0.15, 0.2) is 0 Å². The van der Waals surface area contributed by atoms with E-state index < -0.39 is 0 Å². The predicted molar refractivity (Wildman–Crippen MR) is 109 cm³/mol. The van der Waals surface area contributed by atoms with Gasteiger partial charge in [-0.1, -0.05) is 0 Å². The van der Waals surface area contributed by atoms with Crippen molar-refractivity contribution in [3.63, 3.8) is 0 Å². The monoisotopic (exact) mass is 387 g/mol. The number of nitrogens with zero attached hydrogens (tertiary/aromatic N) is 2. The summed E-state index contributed by atoms with van der Waals surface area (Å²) in [5.41, 5.74) is 0. The van der Waals surface area contributed by atoms with E-state index in [1.807, 2.05) is 4.90 Å². The quantitative estimate of drug-likeness (QED) is 0.789. The highest BCUT2D eigenvalue weighted by molar-refractivity contribution is 5.78. The van der Waals surface area contributed by atoms with Crippen LogP contribution in [0.3, 0.4) is 0 Å². The summed E-state index contributed by atoms with van der Waals surface area (Å²) in [6, 6.07) is 0.455. The van der Waals surface area contributed by atoms with Crippen molar-refractivity contribution in [2.45, 2.75) is 70.3 Å². The summed E-state index contributed by atoms with van der Waals surface area (Å²) in [6.07, 6.45) is 12.1. The lowest BCUT2D eigenvalue weighted by Crippen LogP contribution is -2.57. The minimum atomic E-state index is 0.240. The molecule has 0 aromatic carbocycles. The van der Waals surface area contributed by atoms with Gasteiger partial charge in [-0.2, -0.15) is 0 Å². The molecule has 28 heavy (non-hydrogen) atoms. The van der Waals surface area contributed by atoms with Gasteiger partial charge in [-0.05, 0) is 100 Å². The van der Waals surface area contributed by atoms with Gasteiger partial charge in [-0.15, -0.1) is 0 Å². The molecule has 0 aromatic heterocycles. The van der Waals surface area contributed by atoms with Crippen molar-refractivity contribution in [2.24, 2.45) is 29.6 Å². The lowest BCUT2D eigenvalue weighted by Gasteiger charge is -2.54. The summed E-state index contributed by atoms with van der Waals surface area (Å²) >= 11 is 0. The van der Waals surface area contributed by atoms with Crippen LogP contribution in [0.2, 0.25) is 0 Å². The molecule has 2 saturated heterocycles. The number of rotatable bonds is 5. The fourth-order valence-corrected chi connectivity index (χ4v) is 7.29. The van der Waals surface area contributed by atoms with Crippen LogP contribution in [-0.4, -0.2) is 60.4 Å². The lowest BCUT2D eigenvalue weighted by molar-refractivity contribution is -0.132. The summed E-state index contributed by atoms with van der Waals surface area (Å²) in [5, 5.41) is 3.45. The molecule has 0 aromatic rings. The molecule has 4 saturated carbocycles. The first-order valence-corrected chi connectivity index (χ1v) is 11.9. The molecule has 5 heteroatoms. The minimum Gasteiger partial charge on any atom is -0.352 e. The zero-order valence-corrected chi connectivity index (χ0v) is 17.3. The zero-order chi connectivity index (χ0) is 19.1. The third-order valence-electron chi connectivity index (χ3n) is 8.55. The number of nitrogens with one attached hydrogen (secondary N) is 1. The Balaban J connectivity index is 1.05. The highest BCUT2D eigenvalue weighted by Crippen LogP contribution is 2.53. The molecule has 2 aliphatic heterocycles. The van der Waals surface area contributed by atoms with E-state index in [-0.39, 0.29) is 5.91 Å². The van der Waals surface area contributed by atoms with E-state index >= 15 is 0 Å². The van der Waals surface area contributed by atoms with Crippen molar-refractivity contribution in [3.8, 4) is 0 Å². The molecule has 0 spiro atoms. The Bertz CT molecular complexity index is 565. The molecule has 0 unspecified atom stereocenters. The van der Waals surface area contributed by atoms with Crippen LogP contribution in [0.1, 0.15) is 64.2 Å². The Kier molecular flexibility index (Phi) is 5.38. The van der Waals surface area contributed by atoms with E-state index in [9.17, 15) is 9.59 Å². The molecule has 0 atom stereocenters. The number of piperidine rings is 1.